The van der Waals surface area contributed by atoms with Crippen LogP contribution in [0, 0.1) is 5.92 Å². The van der Waals surface area contributed by atoms with Crippen molar-refractivity contribution in [3.05, 3.63) is 24.3 Å². The van der Waals surface area contributed by atoms with Crippen LogP contribution < -0.4 is 16.2 Å². The summed E-state index contributed by atoms with van der Waals surface area (Å²) in [6.07, 6.45) is 3.04. The molecule has 3 N–H and O–H groups in total. The van der Waals surface area contributed by atoms with E-state index < -0.39 is 0 Å². The summed E-state index contributed by atoms with van der Waals surface area (Å²) in [6, 6.07) is 7.38. The lowest BCUT2D eigenvalue weighted by atomic mass is 9.94. The maximum Gasteiger partial charge on any atom is 0.243 e. The molecule has 2 aliphatic rings. The van der Waals surface area contributed by atoms with Gasteiger partial charge in [-0.3, -0.25) is 4.79 Å². The molecule has 4 heteroatoms. The van der Waals surface area contributed by atoms with Gasteiger partial charge in [-0.2, -0.15) is 0 Å². The second-order valence-electron chi connectivity index (χ2n) is 5.30. The summed E-state index contributed by atoms with van der Waals surface area (Å²) in [7, 11) is 0. The molecular weight excluding hydrogens is 214 g/mol. The molecule has 1 amide bonds. The molecule has 0 bridgehead atoms. The normalized spacial score (nSPS) is 28.8. The first-order chi connectivity index (χ1) is 8.08. The third kappa shape index (κ3) is 1.78. The van der Waals surface area contributed by atoms with Crippen molar-refractivity contribution < 1.29 is 4.79 Å². The molecule has 0 spiro atoms. The minimum Gasteiger partial charge on any atom is -0.399 e. The highest BCUT2D eigenvalue weighted by molar-refractivity contribution is 5.95. The summed E-state index contributed by atoms with van der Waals surface area (Å²) in [5.74, 6) is 0.786. The Morgan fingerprint density at radius 3 is 2.59 bits per heavy atom. The van der Waals surface area contributed by atoms with Crippen LogP contribution in [0.4, 0.5) is 11.4 Å². The van der Waals surface area contributed by atoms with Crippen LogP contribution >= 0.6 is 0 Å². The van der Waals surface area contributed by atoms with E-state index in [-0.39, 0.29) is 11.4 Å². The number of benzene rings is 1. The standard InChI is InChI=1S/C13H17N3O/c1-13(9-2-3-9)8-12(17)16(15-13)11-6-4-10(14)5-7-11/h4-7,9,15H,2-3,8,14H2,1H3. The first-order valence-electron chi connectivity index (χ1n) is 6.05. The zero-order valence-electron chi connectivity index (χ0n) is 9.94. The van der Waals surface area contributed by atoms with Gasteiger partial charge in [0.05, 0.1) is 5.69 Å². The Labute approximate surface area is 101 Å². The average Bonchev–Trinajstić information content (AvgIpc) is 3.08. The van der Waals surface area contributed by atoms with Crippen molar-refractivity contribution in [2.24, 2.45) is 5.92 Å². The maximum absolute atomic E-state index is 12.0. The van der Waals surface area contributed by atoms with Gasteiger partial charge in [0.1, 0.15) is 0 Å². The van der Waals surface area contributed by atoms with E-state index in [1.165, 1.54) is 12.8 Å². The van der Waals surface area contributed by atoms with E-state index in [9.17, 15) is 4.79 Å². The molecule has 1 aliphatic carbocycles. The molecule has 3 rings (SSSR count). The van der Waals surface area contributed by atoms with E-state index in [1.54, 1.807) is 5.01 Å². The van der Waals surface area contributed by atoms with Crippen molar-refractivity contribution in [2.45, 2.75) is 31.7 Å². The summed E-state index contributed by atoms with van der Waals surface area (Å²) in [5.41, 5.74) is 10.5. The zero-order chi connectivity index (χ0) is 12.0. The Balaban J connectivity index is 1.84. The van der Waals surface area contributed by atoms with Crippen molar-refractivity contribution in [3.8, 4) is 0 Å². The SMILES string of the molecule is CC1(C2CC2)CC(=O)N(c2ccc(N)cc2)N1. The average molecular weight is 231 g/mol. The maximum atomic E-state index is 12.0. The van der Waals surface area contributed by atoms with Gasteiger partial charge in [-0.25, -0.2) is 10.4 Å². The fraction of sp³-hybridized carbons (Fsp3) is 0.462. The molecule has 4 nitrogen and oxygen atoms in total. The molecule has 1 aromatic rings. The minimum absolute atomic E-state index is 0.0571. The number of nitrogens with zero attached hydrogens (tertiary/aromatic N) is 1. The van der Waals surface area contributed by atoms with Gasteiger partial charge in [0, 0.05) is 17.6 Å². The van der Waals surface area contributed by atoms with E-state index in [0.717, 1.165) is 5.69 Å². The highest BCUT2D eigenvalue weighted by Crippen LogP contribution is 2.44. The number of nitrogens with one attached hydrogen (secondary N) is 1. The van der Waals surface area contributed by atoms with Crippen molar-refractivity contribution in [2.75, 3.05) is 10.7 Å². The monoisotopic (exact) mass is 231 g/mol. The van der Waals surface area contributed by atoms with Crippen molar-refractivity contribution in [1.29, 1.82) is 0 Å². The number of rotatable bonds is 2. The Kier molecular flexibility index (Phi) is 2.16. The number of hydrazine groups is 1. The van der Waals surface area contributed by atoms with E-state index >= 15 is 0 Å². The third-order valence-electron chi connectivity index (χ3n) is 3.76. The van der Waals surface area contributed by atoms with Gasteiger partial charge < -0.3 is 5.73 Å². The predicted molar refractivity (Wildman–Crippen MR) is 67.2 cm³/mol. The van der Waals surface area contributed by atoms with Gasteiger partial charge >= 0.3 is 0 Å². The quantitative estimate of drug-likeness (QED) is 0.761. The van der Waals surface area contributed by atoms with Crippen LogP contribution in [0.5, 0.6) is 0 Å². The Hall–Kier alpha value is -1.55. The van der Waals surface area contributed by atoms with Crippen LogP contribution in [0.3, 0.4) is 0 Å². The second kappa shape index (κ2) is 3.47. The summed E-state index contributed by atoms with van der Waals surface area (Å²) < 4.78 is 0. The van der Waals surface area contributed by atoms with E-state index in [2.05, 4.69) is 12.3 Å². The minimum atomic E-state index is -0.0571. The summed E-state index contributed by atoms with van der Waals surface area (Å²) in [5, 5.41) is 1.66. The number of nitrogens with two attached hydrogens (primary N) is 1. The third-order valence-corrected chi connectivity index (χ3v) is 3.76. The molecule has 90 valence electrons. The molecule has 1 heterocycles. The molecule has 0 radical (unpaired) electrons. The van der Waals surface area contributed by atoms with Gasteiger partial charge in [0.15, 0.2) is 0 Å². The van der Waals surface area contributed by atoms with Gasteiger partial charge in [-0.1, -0.05) is 0 Å². The molecule has 1 unspecified atom stereocenters. The predicted octanol–water partition coefficient (Wildman–Crippen LogP) is 1.68. The highest BCUT2D eigenvalue weighted by atomic mass is 16.2. The topological polar surface area (TPSA) is 58.4 Å². The van der Waals surface area contributed by atoms with E-state index in [1.807, 2.05) is 24.3 Å². The van der Waals surface area contributed by atoms with Crippen LogP contribution in [-0.2, 0) is 4.79 Å². The second-order valence-corrected chi connectivity index (χ2v) is 5.30. The van der Waals surface area contributed by atoms with Crippen LogP contribution in [0.25, 0.3) is 0 Å². The van der Waals surface area contributed by atoms with E-state index in [0.29, 0.717) is 18.0 Å². The van der Waals surface area contributed by atoms with Gasteiger partial charge in [-0.15, -0.1) is 0 Å². The first kappa shape index (κ1) is 10.6. The molecule has 1 atom stereocenters. The Morgan fingerprint density at radius 1 is 1.35 bits per heavy atom. The summed E-state index contributed by atoms with van der Waals surface area (Å²) in [4.78, 5) is 12.0. The molecule has 0 aromatic heterocycles. The number of carbonyl (C=O) groups excluding carboxylic acids is 1. The zero-order valence-corrected chi connectivity index (χ0v) is 9.94. The molecule has 1 aliphatic heterocycles. The smallest absolute Gasteiger partial charge is 0.243 e. The number of nitrogen functional groups attached to an aromatic ring is 1. The number of amides is 1. The number of carbonyl (C=O) groups is 1. The summed E-state index contributed by atoms with van der Waals surface area (Å²) >= 11 is 0. The molecule has 1 saturated carbocycles. The molecule has 17 heavy (non-hydrogen) atoms. The molecule has 2 fully saturated rings. The molecule has 1 aromatic carbocycles. The van der Waals surface area contributed by atoms with Crippen LogP contribution in [0.2, 0.25) is 0 Å². The van der Waals surface area contributed by atoms with Gasteiger partial charge in [0.2, 0.25) is 5.91 Å². The fourth-order valence-corrected chi connectivity index (χ4v) is 2.54. The lowest BCUT2D eigenvalue weighted by Gasteiger charge is -2.25. The van der Waals surface area contributed by atoms with Crippen molar-refractivity contribution >= 4 is 17.3 Å². The summed E-state index contributed by atoms with van der Waals surface area (Å²) in [6.45, 7) is 2.14. The Morgan fingerprint density at radius 2 is 2.00 bits per heavy atom. The van der Waals surface area contributed by atoms with Crippen LogP contribution in [-0.4, -0.2) is 11.4 Å². The Bertz CT molecular complexity index is 452. The number of hydrogen-bond donors (Lipinski definition) is 2. The van der Waals surface area contributed by atoms with Crippen molar-refractivity contribution in [1.82, 2.24) is 5.43 Å². The lowest BCUT2D eigenvalue weighted by Crippen LogP contribution is -2.45. The van der Waals surface area contributed by atoms with Crippen molar-refractivity contribution in [3.63, 3.8) is 0 Å². The number of anilines is 2. The number of hydrogen-bond acceptors (Lipinski definition) is 3. The molecular formula is C13H17N3O. The van der Waals surface area contributed by atoms with E-state index in [4.69, 9.17) is 5.73 Å². The fourth-order valence-electron chi connectivity index (χ4n) is 2.54. The molecule has 1 saturated heterocycles. The van der Waals surface area contributed by atoms with Gasteiger partial charge in [-0.05, 0) is 49.9 Å². The highest BCUT2D eigenvalue weighted by Gasteiger charge is 2.49. The largest absolute Gasteiger partial charge is 0.399 e. The van der Waals surface area contributed by atoms with Crippen LogP contribution in [0.1, 0.15) is 26.2 Å². The first-order valence-corrected chi connectivity index (χ1v) is 6.05. The van der Waals surface area contributed by atoms with Gasteiger partial charge in [0.25, 0.3) is 0 Å². The van der Waals surface area contributed by atoms with Crippen LogP contribution in [0.15, 0.2) is 24.3 Å². The lowest BCUT2D eigenvalue weighted by molar-refractivity contribution is -0.117.